The van der Waals surface area contributed by atoms with Crippen LogP contribution < -0.4 is 0 Å². The van der Waals surface area contributed by atoms with Crippen LogP contribution in [-0.2, 0) is 0 Å². The number of nitrogens with zero attached hydrogens (tertiary/aromatic N) is 2. The van der Waals surface area contributed by atoms with E-state index in [9.17, 15) is 0 Å². The molecular formula is C49H32N2S2. The lowest BCUT2D eigenvalue weighted by Crippen LogP contribution is -2.02. The Balaban J connectivity index is 1.18. The van der Waals surface area contributed by atoms with Crippen LogP contribution >= 0.6 is 22.7 Å². The summed E-state index contributed by atoms with van der Waals surface area (Å²) in [6.45, 7) is 6.55. The first-order chi connectivity index (χ1) is 26.2. The van der Waals surface area contributed by atoms with E-state index in [4.69, 9.17) is 0 Å². The van der Waals surface area contributed by atoms with E-state index in [-0.39, 0.29) is 0 Å². The molecule has 11 rings (SSSR count). The van der Waals surface area contributed by atoms with Crippen molar-refractivity contribution in [1.82, 2.24) is 9.13 Å². The summed E-state index contributed by atoms with van der Waals surface area (Å²) in [5.74, 6) is 0. The molecule has 0 spiro atoms. The molecule has 0 atom stereocenters. The monoisotopic (exact) mass is 712 g/mol. The maximum absolute atomic E-state index is 4.27. The smallest absolute Gasteiger partial charge is 0.0556 e. The van der Waals surface area contributed by atoms with Gasteiger partial charge in [-0.1, -0.05) is 128 Å². The summed E-state index contributed by atoms with van der Waals surface area (Å²) in [7, 11) is 0. The van der Waals surface area contributed by atoms with Crippen LogP contribution in [0, 0.1) is 6.92 Å². The van der Waals surface area contributed by atoms with Gasteiger partial charge >= 0.3 is 0 Å². The first-order valence-corrected chi connectivity index (χ1v) is 19.6. The summed E-state index contributed by atoms with van der Waals surface area (Å²) < 4.78 is 8.91. The van der Waals surface area contributed by atoms with Crippen molar-refractivity contribution in [3.05, 3.63) is 176 Å². The average molecular weight is 713 g/mol. The Morgan fingerprint density at radius 3 is 1.74 bits per heavy atom. The number of rotatable bonds is 5. The minimum absolute atomic E-state index is 1.16. The van der Waals surface area contributed by atoms with E-state index in [0.717, 1.165) is 5.69 Å². The zero-order valence-electron chi connectivity index (χ0n) is 29.0. The Hall–Kier alpha value is -6.20. The van der Waals surface area contributed by atoms with Crippen LogP contribution in [0.25, 0.3) is 102 Å². The van der Waals surface area contributed by atoms with Gasteiger partial charge in [0.15, 0.2) is 0 Å². The van der Waals surface area contributed by atoms with Crippen LogP contribution in [0.15, 0.2) is 164 Å². The Bertz CT molecular complexity index is 3270. The quantitative estimate of drug-likeness (QED) is 0.168. The highest BCUT2D eigenvalue weighted by Gasteiger charge is 2.24. The van der Waals surface area contributed by atoms with Gasteiger partial charge < -0.3 is 9.13 Å². The van der Waals surface area contributed by atoms with Gasteiger partial charge in [0.2, 0.25) is 0 Å². The molecule has 0 aliphatic carbocycles. The van der Waals surface area contributed by atoms with Gasteiger partial charge in [0.25, 0.3) is 0 Å². The van der Waals surface area contributed by atoms with Crippen molar-refractivity contribution in [3.8, 4) is 32.9 Å². The lowest BCUT2D eigenvalue weighted by atomic mass is 10.0. The van der Waals surface area contributed by atoms with Crippen molar-refractivity contribution in [2.45, 2.75) is 6.92 Å². The molecule has 4 aromatic heterocycles. The normalized spacial score (nSPS) is 11.9. The SMILES string of the molecule is C=Cc1c(-c2c(C)n(-c3ccccc3-c3ccccc3-n3c4ccccc4c4c5sc6ccccc6c5ccc43)c3ccccc23)sc2ccccc12. The number of aromatic nitrogens is 2. The third kappa shape index (κ3) is 4.31. The van der Waals surface area contributed by atoms with Crippen molar-refractivity contribution in [1.29, 1.82) is 0 Å². The van der Waals surface area contributed by atoms with E-state index in [0.29, 0.717) is 0 Å². The molecule has 0 fully saturated rings. The molecule has 0 saturated heterocycles. The van der Waals surface area contributed by atoms with E-state index in [2.05, 4.69) is 180 Å². The van der Waals surface area contributed by atoms with Crippen molar-refractivity contribution in [3.63, 3.8) is 0 Å². The van der Waals surface area contributed by atoms with Gasteiger partial charge in [-0.2, -0.15) is 0 Å². The second-order valence-electron chi connectivity index (χ2n) is 13.7. The molecule has 7 aromatic carbocycles. The van der Waals surface area contributed by atoms with Crippen LogP contribution in [0.3, 0.4) is 0 Å². The fraction of sp³-hybridized carbons (Fsp3) is 0.0204. The molecule has 250 valence electrons. The Morgan fingerprint density at radius 2 is 1.02 bits per heavy atom. The predicted octanol–water partition coefficient (Wildman–Crippen LogP) is 14.6. The number of thiophene rings is 2. The van der Waals surface area contributed by atoms with Gasteiger partial charge in [-0.25, -0.2) is 0 Å². The van der Waals surface area contributed by atoms with E-state index in [1.165, 1.54) is 101 Å². The maximum atomic E-state index is 4.27. The second-order valence-corrected chi connectivity index (χ2v) is 15.8. The molecule has 0 unspecified atom stereocenters. The van der Waals surface area contributed by atoms with Crippen LogP contribution in [0.2, 0.25) is 0 Å². The number of hydrogen-bond donors (Lipinski definition) is 0. The Labute approximate surface area is 314 Å². The van der Waals surface area contributed by atoms with Gasteiger partial charge in [-0.15, -0.1) is 22.7 Å². The molecule has 0 amide bonds. The van der Waals surface area contributed by atoms with Gasteiger partial charge in [-0.3, -0.25) is 0 Å². The minimum Gasteiger partial charge on any atom is -0.313 e. The van der Waals surface area contributed by atoms with Crippen LogP contribution in [0.4, 0.5) is 0 Å². The molecule has 0 bridgehead atoms. The lowest BCUT2D eigenvalue weighted by molar-refractivity contribution is 1.06. The summed E-state index contributed by atoms with van der Waals surface area (Å²) in [5, 5.41) is 7.75. The minimum atomic E-state index is 1.16. The van der Waals surface area contributed by atoms with Crippen molar-refractivity contribution < 1.29 is 0 Å². The highest BCUT2D eigenvalue weighted by Crippen LogP contribution is 2.48. The number of benzene rings is 7. The lowest BCUT2D eigenvalue weighted by Gasteiger charge is -2.19. The van der Waals surface area contributed by atoms with Crippen molar-refractivity contribution in [2.24, 2.45) is 0 Å². The third-order valence-electron chi connectivity index (χ3n) is 10.9. The molecule has 4 heterocycles. The second kappa shape index (κ2) is 11.7. The number of fused-ring (bicyclic) bond motifs is 9. The predicted molar refractivity (Wildman–Crippen MR) is 232 cm³/mol. The Morgan fingerprint density at radius 1 is 0.472 bits per heavy atom. The Kier molecular flexibility index (Phi) is 6.69. The zero-order valence-corrected chi connectivity index (χ0v) is 30.6. The molecule has 0 aliphatic heterocycles. The standard InChI is InChI=1S/C49H32N2S2/c1-3-31-34-18-8-14-26-44(34)52-48(31)46-30(2)50(41-24-12-6-20-37(41)46)39-22-10-4-16-32(39)33-17-5-11-23-40(33)51-42-25-13-7-21-38(42)47-43(51)29-28-36-35-19-9-15-27-45(35)53-49(36)47/h3-29H,1H2,2H3. The molecular weight excluding hydrogens is 681 g/mol. The summed E-state index contributed by atoms with van der Waals surface area (Å²) in [4.78, 5) is 1.27. The van der Waals surface area contributed by atoms with Gasteiger partial charge in [0.05, 0.1) is 27.9 Å². The topological polar surface area (TPSA) is 9.86 Å². The van der Waals surface area contributed by atoms with E-state index in [1.54, 1.807) is 0 Å². The van der Waals surface area contributed by atoms with Crippen LogP contribution in [0.1, 0.15) is 11.3 Å². The first kappa shape index (κ1) is 30.4. The van der Waals surface area contributed by atoms with Crippen LogP contribution in [0.5, 0.6) is 0 Å². The molecule has 0 aliphatic rings. The molecule has 0 saturated carbocycles. The molecule has 0 N–H and O–H groups in total. The summed E-state index contributed by atoms with van der Waals surface area (Å²) in [6.07, 6.45) is 2.03. The molecule has 4 heteroatoms. The molecule has 53 heavy (non-hydrogen) atoms. The number of para-hydroxylation sites is 4. The van der Waals surface area contributed by atoms with Gasteiger partial charge in [-0.05, 0) is 49.4 Å². The summed E-state index contributed by atoms with van der Waals surface area (Å²) in [6, 6.07) is 57.7. The van der Waals surface area contributed by atoms with Crippen molar-refractivity contribution in [2.75, 3.05) is 0 Å². The molecule has 0 radical (unpaired) electrons. The fourth-order valence-corrected chi connectivity index (χ4v) is 11.3. The average Bonchev–Trinajstić information content (AvgIpc) is 3.94. The van der Waals surface area contributed by atoms with E-state index < -0.39 is 0 Å². The summed E-state index contributed by atoms with van der Waals surface area (Å²) in [5.41, 5.74) is 12.0. The van der Waals surface area contributed by atoms with E-state index >= 15 is 0 Å². The zero-order chi connectivity index (χ0) is 35.2. The highest BCUT2D eigenvalue weighted by molar-refractivity contribution is 7.26. The fourth-order valence-electron chi connectivity index (χ4n) is 8.71. The highest BCUT2D eigenvalue weighted by atomic mass is 32.1. The largest absolute Gasteiger partial charge is 0.313 e. The third-order valence-corrected chi connectivity index (χ3v) is 13.3. The summed E-state index contributed by atoms with van der Waals surface area (Å²) >= 11 is 3.76. The van der Waals surface area contributed by atoms with Crippen LogP contribution in [-0.4, -0.2) is 9.13 Å². The molecule has 11 aromatic rings. The van der Waals surface area contributed by atoms with Gasteiger partial charge in [0, 0.05) is 79.2 Å². The first-order valence-electron chi connectivity index (χ1n) is 18.0. The van der Waals surface area contributed by atoms with E-state index in [1.807, 2.05) is 28.7 Å². The maximum Gasteiger partial charge on any atom is 0.0556 e. The molecule has 2 nitrogen and oxygen atoms in total. The van der Waals surface area contributed by atoms with Gasteiger partial charge in [0.1, 0.15) is 0 Å². The number of hydrogen-bond acceptors (Lipinski definition) is 2. The van der Waals surface area contributed by atoms with Crippen molar-refractivity contribution >= 4 is 91.7 Å².